The first kappa shape index (κ1) is 15.0. The number of halogens is 1. The first-order valence-electron chi connectivity index (χ1n) is 5.99. The van der Waals surface area contributed by atoms with Gasteiger partial charge < -0.3 is 9.47 Å². The summed E-state index contributed by atoms with van der Waals surface area (Å²) in [6, 6.07) is 7.55. The first-order chi connectivity index (χ1) is 8.52. The highest BCUT2D eigenvalue weighted by Gasteiger charge is 2.21. The summed E-state index contributed by atoms with van der Waals surface area (Å²) in [6.45, 7) is 4.51. The number of carbonyl (C=O) groups excluding carboxylic acids is 1. The molecule has 0 bridgehead atoms. The minimum absolute atomic E-state index is 0.208. The van der Waals surface area contributed by atoms with E-state index in [2.05, 4.69) is 29.8 Å². The van der Waals surface area contributed by atoms with Crippen molar-refractivity contribution in [2.45, 2.75) is 20.3 Å². The van der Waals surface area contributed by atoms with Gasteiger partial charge in [-0.3, -0.25) is 4.79 Å². The second-order valence-electron chi connectivity index (χ2n) is 4.61. The SMILES string of the molecule is COC(=O)C(COc1ccc(Br)cc1)CC(C)C. The van der Waals surface area contributed by atoms with Crippen LogP contribution in [0.25, 0.3) is 0 Å². The van der Waals surface area contributed by atoms with Crippen molar-refractivity contribution in [3.8, 4) is 5.75 Å². The van der Waals surface area contributed by atoms with Crippen LogP contribution in [0, 0.1) is 11.8 Å². The van der Waals surface area contributed by atoms with Gasteiger partial charge in [-0.1, -0.05) is 29.8 Å². The van der Waals surface area contributed by atoms with E-state index in [-0.39, 0.29) is 11.9 Å². The number of hydrogen-bond donors (Lipinski definition) is 0. The highest BCUT2D eigenvalue weighted by Crippen LogP contribution is 2.19. The van der Waals surface area contributed by atoms with Crippen LogP contribution in [-0.2, 0) is 9.53 Å². The Bertz CT molecular complexity index is 373. The molecule has 0 radical (unpaired) electrons. The standard InChI is InChI=1S/C14H19BrO3/c1-10(2)8-11(14(16)17-3)9-18-13-6-4-12(15)5-7-13/h4-7,10-11H,8-9H2,1-3H3. The molecule has 0 amide bonds. The average molecular weight is 315 g/mol. The van der Waals surface area contributed by atoms with E-state index in [1.165, 1.54) is 7.11 Å². The summed E-state index contributed by atoms with van der Waals surface area (Å²) >= 11 is 3.36. The summed E-state index contributed by atoms with van der Waals surface area (Å²) in [5.41, 5.74) is 0. The fraction of sp³-hybridized carbons (Fsp3) is 0.500. The minimum Gasteiger partial charge on any atom is -0.493 e. The molecule has 18 heavy (non-hydrogen) atoms. The molecule has 1 rings (SSSR count). The maximum atomic E-state index is 11.6. The van der Waals surface area contributed by atoms with Crippen molar-refractivity contribution in [2.75, 3.05) is 13.7 Å². The van der Waals surface area contributed by atoms with Gasteiger partial charge in [-0.05, 0) is 36.6 Å². The van der Waals surface area contributed by atoms with E-state index >= 15 is 0 Å². The predicted octanol–water partition coefficient (Wildman–Crippen LogP) is 3.66. The molecule has 0 N–H and O–H groups in total. The Labute approximate surface area is 117 Å². The smallest absolute Gasteiger partial charge is 0.312 e. The molecule has 0 aromatic heterocycles. The Morgan fingerprint density at radius 3 is 2.39 bits per heavy atom. The third kappa shape index (κ3) is 5.08. The second-order valence-corrected chi connectivity index (χ2v) is 5.53. The monoisotopic (exact) mass is 314 g/mol. The third-order valence-corrected chi connectivity index (χ3v) is 3.08. The quantitative estimate of drug-likeness (QED) is 0.752. The van der Waals surface area contributed by atoms with Crippen LogP contribution in [-0.4, -0.2) is 19.7 Å². The topological polar surface area (TPSA) is 35.5 Å². The van der Waals surface area contributed by atoms with Crippen LogP contribution in [0.15, 0.2) is 28.7 Å². The molecule has 0 saturated carbocycles. The van der Waals surface area contributed by atoms with Crippen molar-refractivity contribution in [3.05, 3.63) is 28.7 Å². The van der Waals surface area contributed by atoms with E-state index in [9.17, 15) is 4.79 Å². The molecule has 0 fully saturated rings. The Morgan fingerprint density at radius 1 is 1.28 bits per heavy atom. The number of methoxy groups -OCH3 is 1. The zero-order valence-electron chi connectivity index (χ0n) is 11.0. The van der Waals surface area contributed by atoms with E-state index in [0.717, 1.165) is 16.6 Å². The van der Waals surface area contributed by atoms with Gasteiger partial charge in [-0.25, -0.2) is 0 Å². The van der Waals surface area contributed by atoms with Crippen molar-refractivity contribution < 1.29 is 14.3 Å². The van der Waals surface area contributed by atoms with Crippen LogP contribution in [0.1, 0.15) is 20.3 Å². The molecule has 1 aromatic rings. The molecule has 4 heteroatoms. The second kappa shape index (κ2) is 7.41. The molecule has 0 aliphatic rings. The van der Waals surface area contributed by atoms with Crippen LogP contribution in [0.4, 0.5) is 0 Å². The molecule has 100 valence electrons. The van der Waals surface area contributed by atoms with Gasteiger partial charge in [-0.15, -0.1) is 0 Å². The molecular weight excluding hydrogens is 296 g/mol. The summed E-state index contributed by atoms with van der Waals surface area (Å²) < 4.78 is 11.4. The zero-order chi connectivity index (χ0) is 13.5. The van der Waals surface area contributed by atoms with Gasteiger partial charge in [0.25, 0.3) is 0 Å². The lowest BCUT2D eigenvalue weighted by atomic mass is 9.98. The highest BCUT2D eigenvalue weighted by molar-refractivity contribution is 9.10. The molecule has 3 nitrogen and oxygen atoms in total. The summed E-state index contributed by atoms with van der Waals surface area (Å²) in [7, 11) is 1.41. The van der Waals surface area contributed by atoms with E-state index in [4.69, 9.17) is 9.47 Å². The van der Waals surface area contributed by atoms with Crippen LogP contribution in [0.2, 0.25) is 0 Å². The van der Waals surface area contributed by atoms with E-state index in [0.29, 0.717) is 12.5 Å². The molecule has 1 unspecified atom stereocenters. The fourth-order valence-electron chi connectivity index (χ4n) is 1.70. The lowest BCUT2D eigenvalue weighted by molar-refractivity contribution is -0.147. The first-order valence-corrected chi connectivity index (χ1v) is 6.78. The van der Waals surface area contributed by atoms with Gasteiger partial charge in [0, 0.05) is 4.47 Å². The van der Waals surface area contributed by atoms with Gasteiger partial charge in [0.15, 0.2) is 0 Å². The molecule has 1 atom stereocenters. The molecule has 0 saturated heterocycles. The number of esters is 1. The summed E-state index contributed by atoms with van der Waals surface area (Å²) in [5, 5.41) is 0. The Balaban J connectivity index is 2.55. The van der Waals surface area contributed by atoms with Gasteiger partial charge in [0.1, 0.15) is 12.4 Å². The van der Waals surface area contributed by atoms with Crippen LogP contribution >= 0.6 is 15.9 Å². The number of benzene rings is 1. The van der Waals surface area contributed by atoms with Gasteiger partial charge in [0.2, 0.25) is 0 Å². The third-order valence-electron chi connectivity index (χ3n) is 2.56. The zero-order valence-corrected chi connectivity index (χ0v) is 12.6. The summed E-state index contributed by atoms with van der Waals surface area (Å²) in [6.07, 6.45) is 0.767. The van der Waals surface area contributed by atoms with Crippen LogP contribution in [0.5, 0.6) is 5.75 Å². The Hall–Kier alpha value is -1.03. The molecular formula is C14H19BrO3. The van der Waals surface area contributed by atoms with Crippen molar-refractivity contribution in [2.24, 2.45) is 11.8 Å². The predicted molar refractivity (Wildman–Crippen MR) is 74.6 cm³/mol. The number of rotatable bonds is 6. The number of ether oxygens (including phenoxy) is 2. The molecule has 0 spiro atoms. The maximum Gasteiger partial charge on any atom is 0.312 e. The largest absolute Gasteiger partial charge is 0.493 e. The molecule has 1 aromatic carbocycles. The average Bonchev–Trinajstić information content (AvgIpc) is 2.35. The van der Waals surface area contributed by atoms with Gasteiger partial charge >= 0.3 is 5.97 Å². The number of hydrogen-bond acceptors (Lipinski definition) is 3. The normalized spacial score (nSPS) is 12.3. The molecule has 0 aliphatic heterocycles. The van der Waals surface area contributed by atoms with Crippen molar-refractivity contribution >= 4 is 21.9 Å². The maximum absolute atomic E-state index is 11.6. The Morgan fingerprint density at radius 2 is 1.89 bits per heavy atom. The molecule has 0 heterocycles. The van der Waals surface area contributed by atoms with Crippen LogP contribution in [0.3, 0.4) is 0 Å². The van der Waals surface area contributed by atoms with Crippen molar-refractivity contribution in [1.29, 1.82) is 0 Å². The van der Waals surface area contributed by atoms with Gasteiger partial charge in [-0.2, -0.15) is 0 Å². The highest BCUT2D eigenvalue weighted by atomic mass is 79.9. The molecule has 0 aliphatic carbocycles. The summed E-state index contributed by atoms with van der Waals surface area (Å²) in [5.74, 6) is 0.776. The van der Waals surface area contributed by atoms with E-state index in [1.54, 1.807) is 0 Å². The Kier molecular flexibility index (Phi) is 6.19. The van der Waals surface area contributed by atoms with Crippen LogP contribution < -0.4 is 4.74 Å². The fourth-order valence-corrected chi connectivity index (χ4v) is 1.96. The lowest BCUT2D eigenvalue weighted by Crippen LogP contribution is -2.24. The van der Waals surface area contributed by atoms with Gasteiger partial charge in [0.05, 0.1) is 13.0 Å². The van der Waals surface area contributed by atoms with Crippen molar-refractivity contribution in [1.82, 2.24) is 0 Å². The number of carbonyl (C=O) groups is 1. The lowest BCUT2D eigenvalue weighted by Gasteiger charge is -2.17. The minimum atomic E-state index is -0.210. The van der Waals surface area contributed by atoms with Crippen molar-refractivity contribution in [3.63, 3.8) is 0 Å². The van der Waals surface area contributed by atoms with E-state index in [1.807, 2.05) is 24.3 Å². The summed E-state index contributed by atoms with van der Waals surface area (Å²) in [4.78, 5) is 11.6. The van der Waals surface area contributed by atoms with E-state index < -0.39 is 0 Å².